The Morgan fingerprint density at radius 3 is 2.65 bits per heavy atom. The molecule has 2 aliphatic heterocycles. The van der Waals surface area contributed by atoms with Gasteiger partial charge >= 0.3 is 0 Å². The predicted octanol–water partition coefficient (Wildman–Crippen LogP) is 0.674. The number of nitrogens with one attached hydrogen (secondary N) is 2. The van der Waals surface area contributed by atoms with Crippen LogP contribution < -0.4 is 10.5 Å². The number of hydrogen-bond acceptors (Lipinski definition) is 7. The maximum absolute atomic E-state index is 12.6. The number of carbonyl (C=O) groups is 1. The Labute approximate surface area is 161 Å². The second-order valence-electron chi connectivity index (χ2n) is 6.04. The molecule has 1 aromatic rings. The molecule has 26 heavy (non-hydrogen) atoms. The van der Waals surface area contributed by atoms with E-state index in [0.717, 1.165) is 17.8 Å². The maximum Gasteiger partial charge on any atom is 0.249 e. The van der Waals surface area contributed by atoms with Crippen LogP contribution in [0.2, 0.25) is 0 Å². The van der Waals surface area contributed by atoms with Crippen molar-refractivity contribution in [3.63, 3.8) is 0 Å². The number of sulfone groups is 1. The van der Waals surface area contributed by atoms with Gasteiger partial charge in [-0.25, -0.2) is 27.0 Å². The highest BCUT2D eigenvalue weighted by Crippen LogP contribution is 2.54. The van der Waals surface area contributed by atoms with Gasteiger partial charge in [-0.3, -0.25) is 4.79 Å². The molecular weight excluding hydrogens is 424 g/mol. The lowest BCUT2D eigenvalue weighted by Crippen LogP contribution is -2.42. The van der Waals surface area contributed by atoms with Crippen LogP contribution in [0.3, 0.4) is 0 Å². The summed E-state index contributed by atoms with van der Waals surface area (Å²) in [5, 5.41) is 7.77. The quantitative estimate of drug-likeness (QED) is 0.622. The van der Waals surface area contributed by atoms with E-state index in [-0.39, 0.29) is 35.0 Å². The van der Waals surface area contributed by atoms with Crippen molar-refractivity contribution < 1.29 is 21.6 Å². The van der Waals surface area contributed by atoms with Crippen molar-refractivity contribution in [2.75, 3.05) is 0 Å². The number of allylic oxidation sites excluding steroid dienone is 2. The SMILES string of the molecule is CC(NC(=O)[C@@]1(C)CC2=C(S1)S(=O)(=O)C(S(N)(=O)=O)=C2)c1cnc[nH]1.Cl. The number of nitrogens with zero attached hydrogens (tertiary/aromatic N) is 1. The van der Waals surface area contributed by atoms with Gasteiger partial charge in [-0.1, -0.05) is 11.8 Å². The first kappa shape index (κ1) is 21.0. The fraction of sp³-hybridized carbons (Fsp3) is 0.385. The van der Waals surface area contributed by atoms with Gasteiger partial charge < -0.3 is 10.3 Å². The number of aromatic amines is 1. The first-order valence-corrected chi connectivity index (χ1v) is 11.0. The first-order valence-electron chi connectivity index (χ1n) is 7.16. The molecule has 2 aliphatic rings. The van der Waals surface area contributed by atoms with E-state index in [1.54, 1.807) is 20.0 Å². The summed E-state index contributed by atoms with van der Waals surface area (Å²) in [6, 6.07) is -0.338. The van der Waals surface area contributed by atoms with Gasteiger partial charge in [0.25, 0.3) is 0 Å². The average molecular weight is 441 g/mol. The van der Waals surface area contributed by atoms with Gasteiger partial charge in [0.15, 0.2) is 4.24 Å². The highest BCUT2D eigenvalue weighted by molar-refractivity contribution is 8.26. The number of sulfonamides is 1. The van der Waals surface area contributed by atoms with Crippen molar-refractivity contribution in [2.45, 2.75) is 31.1 Å². The van der Waals surface area contributed by atoms with Crippen LogP contribution in [0.15, 0.2) is 32.6 Å². The number of carbonyl (C=O) groups excluding carboxylic acids is 1. The Bertz CT molecular complexity index is 1010. The monoisotopic (exact) mass is 440 g/mol. The van der Waals surface area contributed by atoms with Gasteiger partial charge in [-0.2, -0.15) is 0 Å². The zero-order valence-electron chi connectivity index (χ0n) is 13.7. The van der Waals surface area contributed by atoms with Crippen LogP contribution in [0.1, 0.15) is 32.0 Å². The predicted molar refractivity (Wildman–Crippen MR) is 100 cm³/mol. The molecule has 9 nitrogen and oxygen atoms in total. The van der Waals surface area contributed by atoms with E-state index in [0.29, 0.717) is 11.3 Å². The second kappa shape index (κ2) is 6.68. The van der Waals surface area contributed by atoms with Crippen molar-refractivity contribution in [3.8, 4) is 0 Å². The molecule has 13 heteroatoms. The Morgan fingerprint density at radius 1 is 1.50 bits per heavy atom. The zero-order valence-corrected chi connectivity index (χ0v) is 17.0. The third kappa shape index (κ3) is 3.43. The zero-order chi connectivity index (χ0) is 18.6. The largest absolute Gasteiger partial charge is 0.347 e. The number of amides is 1. The van der Waals surface area contributed by atoms with Crippen molar-refractivity contribution >= 4 is 49.9 Å². The summed E-state index contributed by atoms with van der Waals surface area (Å²) in [5.74, 6) is -0.352. The van der Waals surface area contributed by atoms with Crippen LogP contribution >= 0.6 is 24.2 Å². The van der Waals surface area contributed by atoms with E-state index in [4.69, 9.17) is 5.14 Å². The smallest absolute Gasteiger partial charge is 0.249 e. The maximum atomic E-state index is 12.6. The van der Waals surface area contributed by atoms with Crippen LogP contribution in [-0.2, 0) is 24.7 Å². The van der Waals surface area contributed by atoms with E-state index in [2.05, 4.69) is 15.3 Å². The summed E-state index contributed by atoms with van der Waals surface area (Å²) in [6.45, 7) is 3.39. The number of thioether (sulfide) groups is 1. The molecule has 0 saturated carbocycles. The number of aromatic nitrogens is 2. The Hall–Kier alpha value is -1.34. The minimum atomic E-state index is -4.35. The molecule has 0 radical (unpaired) electrons. The number of primary sulfonamides is 1. The van der Waals surface area contributed by atoms with Crippen LogP contribution in [0.5, 0.6) is 0 Å². The molecule has 0 aromatic carbocycles. The lowest BCUT2D eigenvalue weighted by Gasteiger charge is -2.25. The molecule has 144 valence electrons. The molecule has 3 heterocycles. The van der Waals surface area contributed by atoms with E-state index in [9.17, 15) is 21.6 Å². The van der Waals surface area contributed by atoms with Gasteiger partial charge in [-0.15, -0.1) is 12.4 Å². The number of H-pyrrole nitrogens is 1. The molecule has 3 rings (SSSR count). The second-order valence-corrected chi connectivity index (χ2v) is 11.5. The van der Waals surface area contributed by atoms with Crippen molar-refractivity contribution in [3.05, 3.63) is 38.3 Å². The summed E-state index contributed by atoms with van der Waals surface area (Å²) < 4.78 is 45.7. The average Bonchev–Trinajstić information content (AvgIpc) is 3.15. The van der Waals surface area contributed by atoms with Crippen LogP contribution in [0, 0.1) is 0 Å². The fourth-order valence-electron chi connectivity index (χ4n) is 2.68. The third-order valence-electron chi connectivity index (χ3n) is 4.00. The lowest BCUT2D eigenvalue weighted by atomic mass is 10.0. The molecule has 1 amide bonds. The summed E-state index contributed by atoms with van der Waals surface area (Å²) in [4.78, 5) is 19.4. The molecular formula is C13H17ClN4O5S3. The lowest BCUT2D eigenvalue weighted by molar-refractivity contribution is -0.123. The summed E-state index contributed by atoms with van der Waals surface area (Å²) in [6.07, 6.45) is 4.21. The van der Waals surface area contributed by atoms with E-state index in [1.807, 2.05) is 0 Å². The summed E-state index contributed by atoms with van der Waals surface area (Å²) in [7, 11) is -8.56. The standard InChI is InChI=1S/C13H16N4O5S3.ClH/c1-7(9-5-15-6-16-9)17-12(18)13(2)4-8-3-10(25(14,21)22)24(19,20)11(8)23-13;/h3,5-7H,4H2,1-2H3,(H,15,16)(H,17,18)(H2,14,21,22);1H/t7?,13-;/m1./s1. The number of rotatable bonds is 4. The van der Waals surface area contributed by atoms with Gasteiger partial charge in [-0.05, 0) is 31.9 Å². The molecule has 2 atom stereocenters. The highest BCUT2D eigenvalue weighted by Gasteiger charge is 2.51. The first-order chi connectivity index (χ1) is 11.4. The number of nitrogens with two attached hydrogens (primary N) is 1. The van der Waals surface area contributed by atoms with Gasteiger partial charge in [0.2, 0.25) is 25.8 Å². The molecule has 0 aliphatic carbocycles. The number of imidazole rings is 1. The van der Waals surface area contributed by atoms with E-state index >= 15 is 0 Å². The summed E-state index contributed by atoms with van der Waals surface area (Å²) >= 11 is 0.839. The van der Waals surface area contributed by atoms with Gasteiger partial charge in [0.1, 0.15) is 8.98 Å². The van der Waals surface area contributed by atoms with Crippen LogP contribution in [0.4, 0.5) is 0 Å². The van der Waals surface area contributed by atoms with E-state index in [1.165, 1.54) is 6.33 Å². The Balaban J connectivity index is 0.00000243. The van der Waals surface area contributed by atoms with E-state index < -0.39 is 28.8 Å². The van der Waals surface area contributed by atoms with Crippen LogP contribution in [0.25, 0.3) is 0 Å². The topological polar surface area (TPSA) is 152 Å². The van der Waals surface area contributed by atoms with Crippen molar-refractivity contribution in [2.24, 2.45) is 5.14 Å². The summed E-state index contributed by atoms with van der Waals surface area (Å²) in [5.41, 5.74) is 1.00. The van der Waals surface area contributed by atoms with Crippen LogP contribution in [-0.4, -0.2) is 37.5 Å². The molecule has 0 fully saturated rings. The highest BCUT2D eigenvalue weighted by atomic mass is 35.5. The molecule has 1 unspecified atom stereocenters. The van der Waals surface area contributed by atoms with Crippen molar-refractivity contribution in [1.29, 1.82) is 0 Å². The van der Waals surface area contributed by atoms with Gasteiger partial charge in [0, 0.05) is 0 Å². The minimum Gasteiger partial charge on any atom is -0.347 e. The Kier molecular flexibility index (Phi) is 5.38. The number of halogens is 1. The Morgan fingerprint density at radius 2 is 2.15 bits per heavy atom. The van der Waals surface area contributed by atoms with Gasteiger partial charge in [0.05, 0.1) is 24.3 Å². The minimum absolute atomic E-state index is 0. The molecule has 0 bridgehead atoms. The molecule has 4 N–H and O–H groups in total. The molecule has 1 aromatic heterocycles. The molecule has 0 spiro atoms. The fourth-order valence-corrected chi connectivity index (χ4v) is 7.89. The van der Waals surface area contributed by atoms with Crippen molar-refractivity contribution in [1.82, 2.24) is 15.3 Å². The molecule has 0 saturated heterocycles. The third-order valence-corrected chi connectivity index (χ3v) is 9.57. The normalized spacial score (nSPS) is 25.3. The number of hydrogen-bond donors (Lipinski definition) is 3.